The van der Waals surface area contributed by atoms with Crippen molar-refractivity contribution in [3.05, 3.63) is 94.3 Å². The van der Waals surface area contributed by atoms with Gasteiger partial charge in [0.1, 0.15) is 17.7 Å². The van der Waals surface area contributed by atoms with E-state index in [1.807, 2.05) is 30.3 Å². The molecule has 0 saturated heterocycles. The van der Waals surface area contributed by atoms with E-state index in [0.717, 1.165) is 41.7 Å². The van der Waals surface area contributed by atoms with E-state index in [1.165, 1.54) is 22.3 Å². The number of hydrogen-bond donors (Lipinski definition) is 1. The molecular formula is C28H32N2O2. The van der Waals surface area contributed by atoms with Crippen LogP contribution in [0.5, 0.6) is 5.75 Å². The van der Waals surface area contributed by atoms with Crippen LogP contribution in [0.15, 0.2) is 60.7 Å². The van der Waals surface area contributed by atoms with E-state index >= 15 is 0 Å². The van der Waals surface area contributed by atoms with E-state index in [2.05, 4.69) is 62.6 Å². The summed E-state index contributed by atoms with van der Waals surface area (Å²) >= 11 is 0. The minimum atomic E-state index is -0.754. The fourth-order valence-corrected chi connectivity index (χ4v) is 4.21. The highest BCUT2D eigenvalue weighted by Crippen LogP contribution is 2.28. The molecule has 1 aromatic heterocycles. The number of aryl methyl sites for hydroxylation is 5. The largest absolute Gasteiger partial charge is 0.494 e. The third-order valence-electron chi connectivity index (χ3n) is 5.99. The highest BCUT2D eigenvalue weighted by Gasteiger charge is 2.20. The van der Waals surface area contributed by atoms with Gasteiger partial charge in [-0.25, -0.2) is 4.98 Å². The molecule has 1 heterocycles. The minimum Gasteiger partial charge on any atom is -0.494 e. The van der Waals surface area contributed by atoms with Gasteiger partial charge in [-0.3, -0.25) is 0 Å². The number of aromatic nitrogens is 2. The van der Waals surface area contributed by atoms with E-state index in [-0.39, 0.29) is 0 Å². The van der Waals surface area contributed by atoms with Crippen LogP contribution in [0.4, 0.5) is 0 Å². The van der Waals surface area contributed by atoms with E-state index in [4.69, 9.17) is 9.72 Å². The Hall–Kier alpha value is -3.11. The Balaban J connectivity index is 1.51. The van der Waals surface area contributed by atoms with Gasteiger partial charge in [0.25, 0.3) is 0 Å². The number of rotatable bonds is 8. The Labute approximate surface area is 190 Å². The first-order chi connectivity index (χ1) is 15.4. The standard InChI is InChI=1S/C28H32N2O2/c1-19-14-20(2)16-24(15-19)32-13-9-8-12-30-26-18-22(4)21(3)17-25(26)29-28(30)27(31)23-10-6-5-7-11-23/h5-7,10-11,14-18,27,31H,8-9,12-13H2,1-4H3. The molecule has 4 aromatic rings. The molecule has 0 fully saturated rings. The van der Waals surface area contributed by atoms with Gasteiger partial charge in [-0.15, -0.1) is 0 Å². The molecule has 0 amide bonds. The first kappa shape index (κ1) is 22.1. The third kappa shape index (κ3) is 4.86. The number of fused-ring (bicyclic) bond motifs is 1. The number of imidazole rings is 1. The molecule has 1 unspecified atom stereocenters. The van der Waals surface area contributed by atoms with Gasteiger partial charge >= 0.3 is 0 Å². The quantitative estimate of drug-likeness (QED) is 0.339. The maximum atomic E-state index is 11.1. The van der Waals surface area contributed by atoms with Crippen LogP contribution in [0, 0.1) is 27.7 Å². The number of nitrogens with zero attached hydrogens (tertiary/aromatic N) is 2. The van der Waals surface area contributed by atoms with Gasteiger partial charge in [-0.2, -0.15) is 0 Å². The minimum absolute atomic E-state index is 0.671. The second kappa shape index (κ2) is 9.58. The molecular weight excluding hydrogens is 396 g/mol. The average Bonchev–Trinajstić information content (AvgIpc) is 3.10. The van der Waals surface area contributed by atoms with Crippen LogP contribution >= 0.6 is 0 Å². The molecule has 0 saturated carbocycles. The van der Waals surface area contributed by atoms with Crippen LogP contribution < -0.4 is 4.74 Å². The van der Waals surface area contributed by atoms with Crippen molar-refractivity contribution in [2.75, 3.05) is 6.61 Å². The zero-order valence-corrected chi connectivity index (χ0v) is 19.4. The molecule has 1 N–H and O–H groups in total. The van der Waals surface area contributed by atoms with Crippen LogP contribution in [-0.4, -0.2) is 21.3 Å². The molecule has 1 atom stereocenters. The predicted molar refractivity (Wildman–Crippen MR) is 130 cm³/mol. The van der Waals surface area contributed by atoms with Gasteiger partial charge in [0.15, 0.2) is 0 Å². The fourth-order valence-electron chi connectivity index (χ4n) is 4.21. The molecule has 0 aliphatic heterocycles. The van der Waals surface area contributed by atoms with Crippen LogP contribution in [0.25, 0.3) is 11.0 Å². The lowest BCUT2D eigenvalue weighted by Crippen LogP contribution is -2.11. The summed E-state index contributed by atoms with van der Waals surface area (Å²) in [6.45, 7) is 9.86. The zero-order valence-electron chi connectivity index (χ0n) is 19.4. The highest BCUT2D eigenvalue weighted by molar-refractivity contribution is 5.78. The Morgan fingerprint density at radius 1 is 0.875 bits per heavy atom. The first-order valence-corrected chi connectivity index (χ1v) is 11.3. The molecule has 4 rings (SSSR count). The number of hydrogen-bond acceptors (Lipinski definition) is 3. The Morgan fingerprint density at radius 2 is 1.56 bits per heavy atom. The van der Waals surface area contributed by atoms with Crippen molar-refractivity contribution in [3.63, 3.8) is 0 Å². The van der Waals surface area contributed by atoms with E-state index < -0.39 is 6.10 Å². The summed E-state index contributed by atoms with van der Waals surface area (Å²) in [5.41, 5.74) is 7.75. The van der Waals surface area contributed by atoms with Crippen LogP contribution in [0.1, 0.15) is 52.6 Å². The van der Waals surface area contributed by atoms with Gasteiger partial charge < -0.3 is 14.4 Å². The smallest absolute Gasteiger partial charge is 0.143 e. The topological polar surface area (TPSA) is 47.3 Å². The molecule has 0 aliphatic rings. The van der Waals surface area contributed by atoms with Crippen LogP contribution in [0.2, 0.25) is 0 Å². The maximum absolute atomic E-state index is 11.1. The predicted octanol–water partition coefficient (Wildman–Crippen LogP) is 6.21. The molecule has 0 bridgehead atoms. The van der Waals surface area contributed by atoms with Gasteiger partial charge in [-0.05, 0) is 92.6 Å². The lowest BCUT2D eigenvalue weighted by atomic mass is 10.1. The molecule has 166 valence electrons. The Kier molecular flexibility index (Phi) is 6.61. The molecule has 4 heteroatoms. The maximum Gasteiger partial charge on any atom is 0.143 e. The van der Waals surface area contributed by atoms with Gasteiger partial charge in [0, 0.05) is 6.54 Å². The summed E-state index contributed by atoms with van der Waals surface area (Å²) in [4.78, 5) is 4.84. The Morgan fingerprint density at radius 3 is 2.28 bits per heavy atom. The molecule has 0 radical (unpaired) electrons. The monoisotopic (exact) mass is 428 g/mol. The molecule has 3 aromatic carbocycles. The number of aliphatic hydroxyl groups is 1. The number of unbranched alkanes of at least 4 members (excludes halogenated alkanes) is 1. The fraction of sp³-hybridized carbons (Fsp3) is 0.321. The number of aliphatic hydroxyl groups excluding tert-OH is 1. The van der Waals surface area contributed by atoms with Crippen molar-refractivity contribution in [2.24, 2.45) is 0 Å². The van der Waals surface area contributed by atoms with Crippen molar-refractivity contribution in [1.82, 2.24) is 9.55 Å². The molecule has 4 nitrogen and oxygen atoms in total. The highest BCUT2D eigenvalue weighted by atomic mass is 16.5. The van der Waals surface area contributed by atoms with Crippen molar-refractivity contribution in [1.29, 1.82) is 0 Å². The summed E-state index contributed by atoms with van der Waals surface area (Å²) in [5.74, 6) is 1.63. The number of benzene rings is 3. The van der Waals surface area contributed by atoms with Gasteiger partial charge in [0.2, 0.25) is 0 Å². The molecule has 0 spiro atoms. The number of ether oxygens (including phenoxy) is 1. The summed E-state index contributed by atoms with van der Waals surface area (Å²) in [6, 6.07) is 20.4. The molecule has 0 aliphatic carbocycles. The van der Waals surface area contributed by atoms with Crippen molar-refractivity contribution < 1.29 is 9.84 Å². The van der Waals surface area contributed by atoms with E-state index in [0.29, 0.717) is 12.4 Å². The van der Waals surface area contributed by atoms with Gasteiger partial charge in [-0.1, -0.05) is 36.4 Å². The van der Waals surface area contributed by atoms with Gasteiger partial charge in [0.05, 0.1) is 17.6 Å². The lowest BCUT2D eigenvalue weighted by molar-refractivity contribution is 0.204. The average molecular weight is 429 g/mol. The van der Waals surface area contributed by atoms with E-state index in [1.54, 1.807) is 0 Å². The zero-order chi connectivity index (χ0) is 22.7. The second-order valence-corrected chi connectivity index (χ2v) is 8.74. The van der Waals surface area contributed by atoms with Crippen LogP contribution in [0.3, 0.4) is 0 Å². The first-order valence-electron chi connectivity index (χ1n) is 11.3. The summed E-state index contributed by atoms with van der Waals surface area (Å²) < 4.78 is 8.16. The van der Waals surface area contributed by atoms with Crippen molar-refractivity contribution in [3.8, 4) is 5.75 Å². The van der Waals surface area contributed by atoms with Crippen molar-refractivity contribution >= 4 is 11.0 Å². The van der Waals surface area contributed by atoms with Crippen molar-refractivity contribution in [2.45, 2.75) is 53.2 Å². The lowest BCUT2D eigenvalue weighted by Gasteiger charge is -2.15. The normalized spacial score (nSPS) is 12.3. The summed E-state index contributed by atoms with van der Waals surface area (Å²) in [5, 5.41) is 11.1. The van der Waals surface area contributed by atoms with E-state index in [9.17, 15) is 5.11 Å². The molecule has 32 heavy (non-hydrogen) atoms. The third-order valence-corrected chi connectivity index (χ3v) is 5.99. The Bertz CT molecular complexity index is 1190. The summed E-state index contributed by atoms with van der Waals surface area (Å²) in [7, 11) is 0. The SMILES string of the molecule is Cc1cc(C)cc(OCCCCn2c(C(O)c3ccccc3)nc3cc(C)c(C)cc32)c1. The van der Waals surface area contributed by atoms with Crippen LogP contribution in [-0.2, 0) is 6.54 Å². The second-order valence-electron chi connectivity index (χ2n) is 8.74. The summed E-state index contributed by atoms with van der Waals surface area (Å²) in [6.07, 6.45) is 1.12.